The van der Waals surface area contributed by atoms with Crippen LogP contribution in [0.1, 0.15) is 36.8 Å². The summed E-state index contributed by atoms with van der Waals surface area (Å²) in [5.41, 5.74) is 2.57. The summed E-state index contributed by atoms with van der Waals surface area (Å²) in [5.74, 6) is 0.412. The summed E-state index contributed by atoms with van der Waals surface area (Å²) in [4.78, 5) is 1.51. The Morgan fingerprint density at radius 3 is 2.16 bits per heavy atom. The third-order valence-electron chi connectivity index (χ3n) is 3.85. The van der Waals surface area contributed by atoms with Crippen LogP contribution in [-0.4, -0.2) is 30.7 Å². The summed E-state index contributed by atoms with van der Waals surface area (Å²) >= 11 is 0. The fraction of sp³-hybridized carbons (Fsp3) is 0.600. The molecule has 0 radical (unpaired) electrons. The Morgan fingerprint density at radius 2 is 1.68 bits per heavy atom. The minimum Gasteiger partial charge on any atom is -0.295 e. The molecule has 0 spiro atoms. The van der Waals surface area contributed by atoms with Gasteiger partial charge < -0.3 is 0 Å². The Hall–Kier alpha value is -1.03. The first-order valence-electron chi connectivity index (χ1n) is 6.86. The molecule has 2 rings (SSSR count). The van der Waals surface area contributed by atoms with Gasteiger partial charge in [0, 0.05) is 0 Å². The molecule has 1 aromatic carbocycles. The number of hydrogen-bond donors (Lipinski definition) is 0. The smallest absolute Gasteiger partial charge is 0.295 e. The molecular weight excluding hydrogens is 251 g/mol. The highest BCUT2D eigenvalue weighted by Gasteiger charge is 2.32. The number of hydrogen-bond acceptors (Lipinski definition) is 1. The fourth-order valence-electron chi connectivity index (χ4n) is 2.70. The molecule has 0 saturated carbocycles. The number of piperidine rings is 1. The van der Waals surface area contributed by atoms with Crippen LogP contribution < -0.4 is 0 Å². The number of benzene rings is 1. The maximum absolute atomic E-state index is 12.3. The lowest BCUT2D eigenvalue weighted by molar-refractivity contribution is -0.147. The van der Waals surface area contributed by atoms with Gasteiger partial charge in [0.2, 0.25) is 0 Å². The van der Waals surface area contributed by atoms with Gasteiger partial charge in [-0.3, -0.25) is 4.90 Å². The average Bonchev–Trinajstić information content (AvgIpc) is 2.38. The van der Waals surface area contributed by atoms with Gasteiger partial charge in [0.15, 0.2) is 0 Å². The SMILES string of the molecule is CCc1ccc(C2CCN(CC(F)(F)F)CC2)cc1. The second-order valence-corrected chi connectivity index (χ2v) is 5.26. The summed E-state index contributed by atoms with van der Waals surface area (Å²) in [6.45, 7) is 2.43. The van der Waals surface area contributed by atoms with Crippen molar-refractivity contribution in [1.82, 2.24) is 4.90 Å². The maximum atomic E-state index is 12.3. The van der Waals surface area contributed by atoms with Crippen molar-refractivity contribution in [3.8, 4) is 0 Å². The molecule has 0 aromatic heterocycles. The van der Waals surface area contributed by atoms with Crippen LogP contribution in [0.3, 0.4) is 0 Å². The average molecular weight is 271 g/mol. The summed E-state index contributed by atoms with van der Waals surface area (Å²) in [6, 6.07) is 8.50. The van der Waals surface area contributed by atoms with Crippen molar-refractivity contribution in [3.05, 3.63) is 35.4 Å². The van der Waals surface area contributed by atoms with Gasteiger partial charge in [-0.2, -0.15) is 13.2 Å². The van der Waals surface area contributed by atoms with Gasteiger partial charge in [0.25, 0.3) is 0 Å². The van der Waals surface area contributed by atoms with E-state index in [1.807, 2.05) is 0 Å². The molecular formula is C15H20F3N. The molecule has 1 aliphatic rings. The van der Waals surface area contributed by atoms with Crippen molar-refractivity contribution in [1.29, 1.82) is 0 Å². The minimum absolute atomic E-state index is 0.412. The van der Waals surface area contributed by atoms with Crippen molar-refractivity contribution < 1.29 is 13.2 Å². The van der Waals surface area contributed by atoms with E-state index in [4.69, 9.17) is 0 Å². The van der Waals surface area contributed by atoms with Crippen LogP contribution in [0.15, 0.2) is 24.3 Å². The first-order chi connectivity index (χ1) is 8.98. The molecule has 0 unspecified atom stereocenters. The molecule has 1 saturated heterocycles. The second-order valence-electron chi connectivity index (χ2n) is 5.26. The van der Waals surface area contributed by atoms with E-state index in [1.54, 1.807) is 0 Å². The number of likely N-dealkylation sites (tertiary alicyclic amines) is 1. The molecule has 4 heteroatoms. The van der Waals surface area contributed by atoms with E-state index in [2.05, 4.69) is 31.2 Å². The number of aryl methyl sites for hydroxylation is 1. The Labute approximate surface area is 112 Å². The van der Waals surface area contributed by atoms with Gasteiger partial charge in [-0.05, 0) is 49.4 Å². The molecule has 1 fully saturated rings. The molecule has 1 nitrogen and oxygen atoms in total. The van der Waals surface area contributed by atoms with Crippen molar-refractivity contribution >= 4 is 0 Å². The molecule has 0 N–H and O–H groups in total. The largest absolute Gasteiger partial charge is 0.401 e. The normalized spacial score (nSPS) is 18.7. The Morgan fingerprint density at radius 1 is 1.11 bits per heavy atom. The number of halogens is 3. The monoisotopic (exact) mass is 271 g/mol. The van der Waals surface area contributed by atoms with Gasteiger partial charge in [-0.15, -0.1) is 0 Å². The molecule has 0 aliphatic carbocycles. The molecule has 1 aromatic rings. The predicted octanol–water partition coefficient (Wildman–Crippen LogP) is 3.99. The predicted molar refractivity (Wildman–Crippen MR) is 70.3 cm³/mol. The van der Waals surface area contributed by atoms with Crippen LogP contribution in [0.25, 0.3) is 0 Å². The van der Waals surface area contributed by atoms with E-state index in [0.717, 1.165) is 19.3 Å². The van der Waals surface area contributed by atoms with Crippen molar-refractivity contribution in [2.75, 3.05) is 19.6 Å². The lowest BCUT2D eigenvalue weighted by atomic mass is 9.89. The third-order valence-corrected chi connectivity index (χ3v) is 3.85. The minimum atomic E-state index is -4.07. The zero-order valence-electron chi connectivity index (χ0n) is 11.2. The zero-order chi connectivity index (χ0) is 13.9. The van der Waals surface area contributed by atoms with E-state index in [-0.39, 0.29) is 0 Å². The van der Waals surface area contributed by atoms with E-state index >= 15 is 0 Å². The lowest BCUT2D eigenvalue weighted by Gasteiger charge is -2.32. The maximum Gasteiger partial charge on any atom is 0.401 e. The zero-order valence-corrected chi connectivity index (χ0v) is 11.2. The third kappa shape index (κ3) is 4.23. The van der Waals surface area contributed by atoms with Crippen LogP contribution in [0.2, 0.25) is 0 Å². The summed E-state index contributed by atoms with van der Waals surface area (Å²) in [6.07, 6.45) is -1.41. The van der Waals surface area contributed by atoms with Crippen molar-refractivity contribution in [3.63, 3.8) is 0 Å². The van der Waals surface area contributed by atoms with Gasteiger partial charge in [-0.25, -0.2) is 0 Å². The summed E-state index contributed by atoms with van der Waals surface area (Å²) in [5, 5.41) is 0. The lowest BCUT2D eigenvalue weighted by Crippen LogP contribution is -2.39. The summed E-state index contributed by atoms with van der Waals surface area (Å²) in [7, 11) is 0. The fourth-order valence-corrected chi connectivity index (χ4v) is 2.70. The highest BCUT2D eigenvalue weighted by molar-refractivity contribution is 5.25. The first kappa shape index (κ1) is 14.4. The molecule has 1 heterocycles. The van der Waals surface area contributed by atoms with Gasteiger partial charge in [0.05, 0.1) is 6.54 Å². The van der Waals surface area contributed by atoms with Gasteiger partial charge in [0.1, 0.15) is 0 Å². The van der Waals surface area contributed by atoms with E-state index in [0.29, 0.717) is 19.0 Å². The molecule has 106 valence electrons. The van der Waals surface area contributed by atoms with Crippen molar-refractivity contribution in [2.45, 2.75) is 38.3 Å². The summed E-state index contributed by atoms with van der Waals surface area (Å²) < 4.78 is 36.9. The number of alkyl halides is 3. The second kappa shape index (κ2) is 5.95. The Kier molecular flexibility index (Phi) is 4.50. The molecule has 0 bridgehead atoms. The number of nitrogens with zero attached hydrogens (tertiary/aromatic N) is 1. The standard InChI is InChI=1S/C15H20F3N/c1-2-12-3-5-13(6-4-12)14-7-9-19(10-8-14)11-15(16,17)18/h3-6,14H,2,7-11H2,1H3. The van der Waals surface area contributed by atoms with Crippen LogP contribution in [0.5, 0.6) is 0 Å². The highest BCUT2D eigenvalue weighted by atomic mass is 19.4. The van der Waals surface area contributed by atoms with Crippen LogP contribution >= 0.6 is 0 Å². The molecule has 1 aliphatic heterocycles. The van der Waals surface area contributed by atoms with E-state index in [1.165, 1.54) is 16.0 Å². The molecule has 0 amide bonds. The van der Waals surface area contributed by atoms with Gasteiger partial charge in [-0.1, -0.05) is 31.2 Å². The van der Waals surface area contributed by atoms with E-state index in [9.17, 15) is 13.2 Å². The highest BCUT2D eigenvalue weighted by Crippen LogP contribution is 2.29. The Bertz CT molecular complexity index is 389. The first-order valence-corrected chi connectivity index (χ1v) is 6.86. The van der Waals surface area contributed by atoms with Gasteiger partial charge >= 0.3 is 6.18 Å². The van der Waals surface area contributed by atoms with E-state index < -0.39 is 12.7 Å². The van der Waals surface area contributed by atoms with Crippen LogP contribution in [0, 0.1) is 0 Å². The molecule has 0 atom stereocenters. The topological polar surface area (TPSA) is 3.24 Å². The quantitative estimate of drug-likeness (QED) is 0.803. The van der Waals surface area contributed by atoms with Crippen molar-refractivity contribution in [2.24, 2.45) is 0 Å². The van der Waals surface area contributed by atoms with Crippen LogP contribution in [0.4, 0.5) is 13.2 Å². The number of rotatable bonds is 3. The Balaban J connectivity index is 1.88. The van der Waals surface area contributed by atoms with Crippen LogP contribution in [-0.2, 0) is 6.42 Å². The molecule has 19 heavy (non-hydrogen) atoms.